The first kappa shape index (κ1) is 19.9. The van der Waals surface area contributed by atoms with Crippen LogP contribution >= 0.6 is 23.5 Å². The van der Waals surface area contributed by atoms with Gasteiger partial charge in [-0.2, -0.15) is 0 Å². The monoisotopic (exact) mass is 396 g/mol. The summed E-state index contributed by atoms with van der Waals surface area (Å²) in [4.78, 5) is 11.8. The van der Waals surface area contributed by atoms with Gasteiger partial charge < -0.3 is 4.74 Å². The van der Waals surface area contributed by atoms with E-state index in [-0.39, 0.29) is 12.6 Å². The van der Waals surface area contributed by atoms with Crippen molar-refractivity contribution in [2.24, 2.45) is 11.8 Å². The predicted octanol–water partition coefficient (Wildman–Crippen LogP) is 5.65. The van der Waals surface area contributed by atoms with Crippen molar-refractivity contribution >= 4 is 29.5 Å². The molecule has 4 heteroatoms. The lowest BCUT2D eigenvalue weighted by Crippen LogP contribution is -2.19. The van der Waals surface area contributed by atoms with Crippen LogP contribution in [0.2, 0.25) is 0 Å². The zero-order valence-corrected chi connectivity index (χ0v) is 17.3. The summed E-state index contributed by atoms with van der Waals surface area (Å²) in [6.45, 7) is 4.73. The average molecular weight is 397 g/mol. The Morgan fingerprint density at radius 1 is 1.07 bits per heavy atom. The molecule has 140 valence electrons. The van der Waals surface area contributed by atoms with Gasteiger partial charge in [0.15, 0.2) is 6.61 Å². The average Bonchev–Trinajstić information content (AvgIpc) is 2.72. The van der Waals surface area contributed by atoms with Crippen molar-refractivity contribution in [1.82, 2.24) is 0 Å². The van der Waals surface area contributed by atoms with Gasteiger partial charge in [0.2, 0.25) is 0 Å². The summed E-state index contributed by atoms with van der Waals surface area (Å²) in [5, 5.41) is 0. The maximum atomic E-state index is 11.8. The zero-order valence-electron chi connectivity index (χ0n) is 15.7. The SMILES string of the molecule is CC(C)[C@H]1CS[C@H](c2ccc(C#CCOC(=O)c3ccccc3)cc2)SC1. The first-order chi connectivity index (χ1) is 13.1. The van der Waals surface area contributed by atoms with Gasteiger partial charge in [-0.3, -0.25) is 0 Å². The number of thioether (sulfide) groups is 2. The third kappa shape index (κ3) is 5.82. The second-order valence-corrected chi connectivity index (χ2v) is 9.44. The third-order valence-corrected chi connectivity index (χ3v) is 7.77. The van der Waals surface area contributed by atoms with Crippen LogP contribution < -0.4 is 0 Å². The Morgan fingerprint density at radius 2 is 1.74 bits per heavy atom. The lowest BCUT2D eigenvalue weighted by Gasteiger charge is -2.30. The van der Waals surface area contributed by atoms with Crippen LogP contribution in [0, 0.1) is 23.7 Å². The van der Waals surface area contributed by atoms with Gasteiger partial charge in [0.1, 0.15) is 0 Å². The standard InChI is InChI=1S/C23H24O2S2/c1-17(2)21-15-26-23(27-16-21)20-12-10-18(11-13-20)7-6-14-25-22(24)19-8-4-3-5-9-19/h3-5,8-13,17,21,23H,14-16H2,1-2H3/t21-,23-. The molecule has 2 aromatic carbocycles. The topological polar surface area (TPSA) is 26.3 Å². The molecule has 2 nitrogen and oxygen atoms in total. The quantitative estimate of drug-likeness (QED) is 0.493. The molecular weight excluding hydrogens is 372 g/mol. The van der Waals surface area contributed by atoms with Crippen LogP contribution in [0.3, 0.4) is 0 Å². The van der Waals surface area contributed by atoms with Gasteiger partial charge in [-0.15, -0.1) is 23.5 Å². The Hall–Kier alpha value is -1.83. The Kier molecular flexibility index (Phi) is 7.32. The number of benzene rings is 2. The fourth-order valence-corrected chi connectivity index (χ4v) is 6.27. The molecule has 0 atom stereocenters. The van der Waals surface area contributed by atoms with E-state index in [9.17, 15) is 4.79 Å². The molecule has 1 aliphatic heterocycles. The second-order valence-electron chi connectivity index (χ2n) is 6.87. The fraction of sp³-hybridized carbons (Fsp3) is 0.348. The number of ether oxygens (including phenoxy) is 1. The molecule has 0 spiro atoms. The molecule has 1 heterocycles. The van der Waals surface area contributed by atoms with Crippen molar-refractivity contribution in [1.29, 1.82) is 0 Å². The van der Waals surface area contributed by atoms with Gasteiger partial charge >= 0.3 is 5.97 Å². The van der Waals surface area contributed by atoms with E-state index in [1.54, 1.807) is 12.1 Å². The molecule has 3 rings (SSSR count). The van der Waals surface area contributed by atoms with Gasteiger partial charge in [0.05, 0.1) is 10.1 Å². The summed E-state index contributed by atoms with van der Waals surface area (Å²) in [5.74, 6) is 9.70. The molecule has 1 saturated heterocycles. The Labute approximate surface area is 170 Å². The molecule has 0 unspecified atom stereocenters. The van der Waals surface area contributed by atoms with Crippen LogP contribution in [0.25, 0.3) is 0 Å². The molecule has 0 aromatic heterocycles. The first-order valence-electron chi connectivity index (χ1n) is 9.17. The van der Waals surface area contributed by atoms with Crippen LogP contribution in [0.5, 0.6) is 0 Å². The molecule has 0 aliphatic carbocycles. The maximum absolute atomic E-state index is 11.8. The number of hydrogen-bond acceptors (Lipinski definition) is 4. The second kappa shape index (κ2) is 9.92. The van der Waals surface area contributed by atoms with Crippen molar-refractivity contribution in [3.8, 4) is 11.8 Å². The molecule has 1 aliphatic rings. The largest absolute Gasteiger partial charge is 0.449 e. The third-order valence-electron chi connectivity index (χ3n) is 4.57. The van der Waals surface area contributed by atoms with E-state index in [0.29, 0.717) is 10.1 Å². The Bertz CT molecular complexity index is 796. The highest BCUT2D eigenvalue weighted by molar-refractivity contribution is 8.16. The smallest absolute Gasteiger partial charge is 0.339 e. The lowest BCUT2D eigenvalue weighted by atomic mass is 10.0. The van der Waals surface area contributed by atoms with E-state index in [0.717, 1.165) is 17.4 Å². The minimum atomic E-state index is -0.341. The minimum Gasteiger partial charge on any atom is -0.449 e. The Balaban J connectivity index is 1.49. The molecule has 0 saturated carbocycles. The molecule has 2 aromatic rings. The van der Waals surface area contributed by atoms with Crippen molar-refractivity contribution < 1.29 is 9.53 Å². The lowest BCUT2D eigenvalue weighted by molar-refractivity contribution is 0.0556. The summed E-state index contributed by atoms with van der Waals surface area (Å²) < 4.78 is 5.70. The minimum absolute atomic E-state index is 0.0976. The van der Waals surface area contributed by atoms with Crippen LogP contribution in [0.4, 0.5) is 0 Å². The van der Waals surface area contributed by atoms with Crippen molar-refractivity contribution in [3.63, 3.8) is 0 Å². The fourth-order valence-electron chi connectivity index (χ4n) is 2.72. The van der Waals surface area contributed by atoms with Gasteiger partial charge in [-0.05, 0) is 53.2 Å². The number of rotatable bonds is 4. The summed E-state index contributed by atoms with van der Waals surface area (Å²) >= 11 is 4.10. The van der Waals surface area contributed by atoms with Crippen molar-refractivity contribution in [2.45, 2.75) is 18.4 Å². The molecule has 0 bridgehead atoms. The summed E-state index contributed by atoms with van der Waals surface area (Å²) in [5.41, 5.74) is 2.85. The Morgan fingerprint density at radius 3 is 2.37 bits per heavy atom. The number of carbonyl (C=O) groups is 1. The van der Waals surface area contributed by atoms with Crippen LogP contribution in [0.15, 0.2) is 54.6 Å². The number of esters is 1. The zero-order chi connectivity index (χ0) is 19.1. The molecule has 27 heavy (non-hydrogen) atoms. The van der Waals surface area contributed by atoms with Gasteiger partial charge in [0, 0.05) is 5.56 Å². The van der Waals surface area contributed by atoms with Crippen LogP contribution in [-0.4, -0.2) is 24.1 Å². The summed E-state index contributed by atoms with van der Waals surface area (Å²) in [6, 6.07) is 17.4. The van der Waals surface area contributed by atoms with E-state index in [1.165, 1.54) is 17.1 Å². The van der Waals surface area contributed by atoms with Gasteiger partial charge in [-0.1, -0.05) is 56.0 Å². The van der Waals surface area contributed by atoms with Crippen molar-refractivity contribution in [3.05, 3.63) is 71.3 Å². The molecule has 1 fully saturated rings. The maximum Gasteiger partial charge on any atom is 0.339 e. The molecular formula is C23H24O2S2. The molecule has 0 N–H and O–H groups in total. The predicted molar refractivity (Wildman–Crippen MR) is 116 cm³/mol. The van der Waals surface area contributed by atoms with Crippen LogP contribution in [-0.2, 0) is 4.74 Å². The van der Waals surface area contributed by atoms with E-state index >= 15 is 0 Å². The van der Waals surface area contributed by atoms with Crippen molar-refractivity contribution in [2.75, 3.05) is 18.1 Å². The van der Waals surface area contributed by atoms with E-state index in [2.05, 4.69) is 73.5 Å². The van der Waals surface area contributed by atoms with Crippen LogP contribution in [0.1, 0.15) is 39.9 Å². The molecule has 0 amide bonds. The highest BCUT2D eigenvalue weighted by Crippen LogP contribution is 2.46. The number of hydrogen-bond donors (Lipinski definition) is 0. The normalized spacial score (nSPS) is 19.2. The first-order valence-corrected chi connectivity index (χ1v) is 11.3. The summed E-state index contributed by atoms with van der Waals surface area (Å²) in [6.07, 6.45) is 0. The highest BCUT2D eigenvalue weighted by atomic mass is 32.2. The van der Waals surface area contributed by atoms with E-state index < -0.39 is 0 Å². The van der Waals surface area contributed by atoms with E-state index in [4.69, 9.17) is 4.74 Å². The van der Waals surface area contributed by atoms with Gasteiger partial charge in [0.25, 0.3) is 0 Å². The molecule has 0 radical (unpaired) electrons. The van der Waals surface area contributed by atoms with E-state index in [1.807, 2.05) is 18.2 Å². The number of carbonyl (C=O) groups excluding carboxylic acids is 1. The van der Waals surface area contributed by atoms with Gasteiger partial charge in [-0.25, -0.2) is 4.79 Å². The summed E-state index contributed by atoms with van der Waals surface area (Å²) in [7, 11) is 0. The highest BCUT2D eigenvalue weighted by Gasteiger charge is 2.25.